The average Bonchev–Trinajstić information content (AvgIpc) is 3.25. The van der Waals surface area contributed by atoms with Crippen LogP contribution in [0, 0.1) is 12.7 Å². The van der Waals surface area contributed by atoms with Crippen molar-refractivity contribution in [3.63, 3.8) is 0 Å². The van der Waals surface area contributed by atoms with Crippen molar-refractivity contribution in [2.75, 3.05) is 20.1 Å². The van der Waals surface area contributed by atoms with Gasteiger partial charge in [0.15, 0.2) is 0 Å². The van der Waals surface area contributed by atoms with Crippen LogP contribution in [0.2, 0.25) is 0 Å². The number of aryl methyl sites for hydroxylation is 1. The second kappa shape index (κ2) is 6.57. The van der Waals surface area contributed by atoms with Crippen LogP contribution >= 0.6 is 0 Å². The first-order valence-corrected chi connectivity index (χ1v) is 8.86. The lowest BCUT2D eigenvalue weighted by atomic mass is 9.94. The minimum Gasteiger partial charge on any atom is -0.351 e. The molecule has 1 aromatic heterocycles. The summed E-state index contributed by atoms with van der Waals surface area (Å²) in [7, 11) is 1.94. The number of carbonyl (C=O) groups is 1. The highest BCUT2D eigenvalue weighted by atomic mass is 19.1. The zero-order chi connectivity index (χ0) is 18.3. The minimum absolute atomic E-state index is 0.0449. The van der Waals surface area contributed by atoms with E-state index < -0.39 is 0 Å². The van der Waals surface area contributed by atoms with Crippen molar-refractivity contribution in [3.05, 3.63) is 71.2 Å². The van der Waals surface area contributed by atoms with Gasteiger partial charge in [-0.2, -0.15) is 0 Å². The number of aromatic amines is 1. The van der Waals surface area contributed by atoms with Crippen LogP contribution in [0.3, 0.4) is 0 Å². The number of aromatic nitrogens is 1. The first-order chi connectivity index (χ1) is 12.5. The molecule has 1 amide bonds. The van der Waals surface area contributed by atoms with Gasteiger partial charge in [0.2, 0.25) is 0 Å². The summed E-state index contributed by atoms with van der Waals surface area (Å²) in [5.41, 5.74) is 3.74. The van der Waals surface area contributed by atoms with E-state index in [9.17, 15) is 9.18 Å². The lowest BCUT2D eigenvalue weighted by Crippen LogP contribution is -2.34. The quantitative estimate of drug-likeness (QED) is 0.759. The van der Waals surface area contributed by atoms with Crippen LogP contribution in [-0.2, 0) is 0 Å². The van der Waals surface area contributed by atoms with E-state index in [1.54, 1.807) is 12.1 Å². The Morgan fingerprint density at radius 3 is 2.65 bits per heavy atom. The molecule has 2 N–H and O–H groups in total. The molecule has 2 aromatic carbocycles. The summed E-state index contributed by atoms with van der Waals surface area (Å²) in [5.74, 6) is -0.0887. The summed E-state index contributed by atoms with van der Waals surface area (Å²) in [5, 5.41) is 4.06. The topological polar surface area (TPSA) is 48.1 Å². The molecule has 3 aromatic rings. The van der Waals surface area contributed by atoms with Crippen LogP contribution in [0.4, 0.5) is 4.39 Å². The molecule has 1 fully saturated rings. The summed E-state index contributed by atoms with van der Waals surface area (Å²) < 4.78 is 13.4. The number of likely N-dealkylation sites (N-methyl/N-ethyl adjacent to an activating group) is 1. The maximum absolute atomic E-state index is 13.4. The van der Waals surface area contributed by atoms with E-state index >= 15 is 0 Å². The zero-order valence-electron chi connectivity index (χ0n) is 14.9. The van der Waals surface area contributed by atoms with E-state index in [1.165, 1.54) is 23.3 Å². The first-order valence-electron chi connectivity index (χ1n) is 8.86. The van der Waals surface area contributed by atoms with Crippen molar-refractivity contribution in [1.29, 1.82) is 0 Å². The van der Waals surface area contributed by atoms with Gasteiger partial charge in [0.25, 0.3) is 5.91 Å². The van der Waals surface area contributed by atoms with Gasteiger partial charge in [0, 0.05) is 36.0 Å². The van der Waals surface area contributed by atoms with Crippen LogP contribution in [-0.4, -0.2) is 42.0 Å². The summed E-state index contributed by atoms with van der Waals surface area (Å²) >= 11 is 0. The van der Waals surface area contributed by atoms with E-state index in [-0.39, 0.29) is 23.7 Å². The number of hydrogen-bond acceptors (Lipinski definition) is 2. The zero-order valence-corrected chi connectivity index (χ0v) is 14.9. The molecule has 2 atom stereocenters. The summed E-state index contributed by atoms with van der Waals surface area (Å²) in [6.07, 6.45) is 0. The summed E-state index contributed by atoms with van der Waals surface area (Å²) in [6.45, 7) is 3.39. The van der Waals surface area contributed by atoms with Crippen molar-refractivity contribution < 1.29 is 9.18 Å². The average molecular weight is 351 g/mol. The number of hydrogen-bond donors (Lipinski definition) is 2. The first kappa shape index (κ1) is 16.8. The van der Waals surface area contributed by atoms with Crippen molar-refractivity contribution in [1.82, 2.24) is 15.2 Å². The fraction of sp³-hybridized carbons (Fsp3) is 0.286. The van der Waals surface area contributed by atoms with Gasteiger partial charge in [-0.15, -0.1) is 0 Å². The summed E-state index contributed by atoms with van der Waals surface area (Å²) in [6, 6.07) is 15.0. The van der Waals surface area contributed by atoms with Gasteiger partial charge in [-0.05, 0) is 43.8 Å². The highest BCUT2D eigenvalue weighted by Gasteiger charge is 2.36. The van der Waals surface area contributed by atoms with Gasteiger partial charge >= 0.3 is 0 Å². The van der Waals surface area contributed by atoms with Crippen LogP contribution in [0.5, 0.6) is 0 Å². The van der Waals surface area contributed by atoms with Crippen LogP contribution < -0.4 is 5.32 Å². The van der Waals surface area contributed by atoms with Crippen molar-refractivity contribution >= 4 is 16.8 Å². The monoisotopic (exact) mass is 351 g/mol. The Balaban J connectivity index is 1.58. The number of amides is 1. The number of carbonyl (C=O) groups excluding carboxylic acids is 1. The van der Waals surface area contributed by atoms with E-state index in [0.717, 1.165) is 5.52 Å². The number of H-pyrrole nitrogens is 1. The second-order valence-electron chi connectivity index (χ2n) is 7.04. The third kappa shape index (κ3) is 2.99. The third-order valence-electron chi connectivity index (χ3n) is 5.30. The molecule has 1 aliphatic rings. The van der Waals surface area contributed by atoms with Crippen molar-refractivity contribution in [2.45, 2.75) is 18.9 Å². The molecule has 2 heterocycles. The molecule has 2 unspecified atom stereocenters. The Hall–Kier alpha value is -2.66. The second-order valence-corrected chi connectivity index (χ2v) is 7.04. The molecule has 0 saturated carbocycles. The van der Waals surface area contributed by atoms with E-state index in [0.29, 0.717) is 24.2 Å². The number of likely N-dealkylation sites (tertiary alicyclic amines) is 1. The van der Waals surface area contributed by atoms with E-state index in [1.807, 2.05) is 11.9 Å². The van der Waals surface area contributed by atoms with Gasteiger partial charge in [-0.3, -0.25) is 4.79 Å². The molecular weight excluding hydrogens is 329 g/mol. The Morgan fingerprint density at radius 1 is 1.15 bits per heavy atom. The molecule has 134 valence electrons. The van der Waals surface area contributed by atoms with Gasteiger partial charge in [0.1, 0.15) is 11.5 Å². The van der Waals surface area contributed by atoms with Gasteiger partial charge in [-0.25, -0.2) is 4.39 Å². The third-order valence-corrected chi connectivity index (χ3v) is 5.30. The van der Waals surface area contributed by atoms with Crippen LogP contribution in [0.15, 0.2) is 48.5 Å². The Kier molecular flexibility index (Phi) is 4.24. The number of nitrogens with zero attached hydrogens (tertiary/aromatic N) is 1. The number of halogens is 1. The lowest BCUT2D eigenvalue weighted by Gasteiger charge is -2.17. The maximum atomic E-state index is 13.4. The van der Waals surface area contributed by atoms with Gasteiger partial charge in [-0.1, -0.05) is 29.8 Å². The summed E-state index contributed by atoms with van der Waals surface area (Å²) in [4.78, 5) is 18.0. The molecule has 1 aliphatic heterocycles. The largest absolute Gasteiger partial charge is 0.351 e. The Labute approximate surface area is 152 Å². The van der Waals surface area contributed by atoms with E-state index in [2.05, 4.69) is 41.5 Å². The molecule has 5 heteroatoms. The molecular formula is C21H22FN3O. The highest BCUT2D eigenvalue weighted by molar-refractivity contribution is 5.98. The highest BCUT2D eigenvalue weighted by Crippen LogP contribution is 2.29. The molecule has 0 spiro atoms. The number of fused-ring (bicyclic) bond motifs is 1. The van der Waals surface area contributed by atoms with Crippen LogP contribution in [0.25, 0.3) is 10.9 Å². The minimum atomic E-state index is -0.300. The smallest absolute Gasteiger partial charge is 0.270 e. The molecule has 0 radical (unpaired) electrons. The number of benzene rings is 2. The van der Waals surface area contributed by atoms with Gasteiger partial charge < -0.3 is 15.2 Å². The Morgan fingerprint density at radius 2 is 1.92 bits per heavy atom. The predicted molar refractivity (Wildman–Crippen MR) is 101 cm³/mol. The number of rotatable bonds is 3. The molecule has 4 rings (SSSR count). The normalized spacial score (nSPS) is 20.0. The fourth-order valence-electron chi connectivity index (χ4n) is 3.80. The fourth-order valence-corrected chi connectivity index (χ4v) is 3.80. The molecule has 26 heavy (non-hydrogen) atoms. The molecule has 0 bridgehead atoms. The van der Waals surface area contributed by atoms with E-state index in [4.69, 9.17) is 0 Å². The molecule has 1 saturated heterocycles. The SMILES string of the molecule is CNC1CN(C(=O)c2cc3cc(F)ccc3[nH]2)CC1c1ccc(C)cc1. The molecule has 0 aliphatic carbocycles. The number of nitrogens with one attached hydrogen (secondary N) is 2. The lowest BCUT2D eigenvalue weighted by molar-refractivity contribution is 0.0783. The van der Waals surface area contributed by atoms with Crippen LogP contribution in [0.1, 0.15) is 27.5 Å². The Bertz CT molecular complexity index is 948. The van der Waals surface area contributed by atoms with Crippen molar-refractivity contribution in [2.24, 2.45) is 0 Å². The predicted octanol–water partition coefficient (Wildman–Crippen LogP) is 3.44. The standard InChI is InChI=1S/C21H22FN3O/c1-13-3-5-14(6-4-13)17-11-25(12-20(17)23-2)21(26)19-10-15-9-16(22)7-8-18(15)24-19/h3-10,17,20,23-24H,11-12H2,1-2H3. The van der Waals surface area contributed by atoms with Crippen molar-refractivity contribution in [3.8, 4) is 0 Å². The maximum Gasteiger partial charge on any atom is 0.270 e. The molecule has 4 nitrogen and oxygen atoms in total. The van der Waals surface area contributed by atoms with Gasteiger partial charge in [0.05, 0.1) is 0 Å².